The fourth-order valence-corrected chi connectivity index (χ4v) is 5.72. The number of benzene rings is 1. The molecule has 9 heteroatoms. The SMILES string of the molecule is CCOC(=O)C1(NC(=O)CS(=O)(=O)N2CCN(c3cccc(C)c3)CC2)CCCCC1. The number of amides is 1. The van der Waals surface area contributed by atoms with Crippen LogP contribution in [0.25, 0.3) is 0 Å². The molecule has 0 spiro atoms. The van der Waals surface area contributed by atoms with Gasteiger partial charge in [0, 0.05) is 31.9 Å². The highest BCUT2D eigenvalue weighted by Gasteiger charge is 2.43. The Balaban J connectivity index is 1.59. The first-order valence-corrected chi connectivity index (χ1v) is 12.6. The molecule has 1 aliphatic carbocycles. The lowest BCUT2D eigenvalue weighted by atomic mass is 9.81. The van der Waals surface area contributed by atoms with Crippen molar-refractivity contribution in [2.45, 2.75) is 51.5 Å². The minimum atomic E-state index is -3.77. The van der Waals surface area contributed by atoms with E-state index in [-0.39, 0.29) is 6.61 Å². The fraction of sp³-hybridized carbons (Fsp3) is 0.636. The predicted octanol–water partition coefficient (Wildman–Crippen LogP) is 1.83. The van der Waals surface area contributed by atoms with Gasteiger partial charge in [0.2, 0.25) is 15.9 Å². The second-order valence-corrected chi connectivity index (χ2v) is 10.4. The van der Waals surface area contributed by atoms with Gasteiger partial charge in [0.05, 0.1) is 6.61 Å². The smallest absolute Gasteiger partial charge is 0.331 e. The largest absolute Gasteiger partial charge is 0.464 e. The van der Waals surface area contributed by atoms with E-state index < -0.39 is 33.2 Å². The van der Waals surface area contributed by atoms with Crippen molar-refractivity contribution >= 4 is 27.6 Å². The molecule has 172 valence electrons. The van der Waals surface area contributed by atoms with Crippen molar-refractivity contribution in [2.75, 3.05) is 43.4 Å². The summed E-state index contributed by atoms with van der Waals surface area (Å²) in [7, 11) is -3.77. The Kier molecular flexibility index (Phi) is 7.59. The van der Waals surface area contributed by atoms with Gasteiger partial charge in [-0.2, -0.15) is 4.31 Å². The predicted molar refractivity (Wildman–Crippen MR) is 119 cm³/mol. The van der Waals surface area contributed by atoms with Gasteiger partial charge in [-0.15, -0.1) is 0 Å². The number of nitrogens with zero attached hydrogens (tertiary/aromatic N) is 2. The van der Waals surface area contributed by atoms with E-state index in [0.717, 1.165) is 30.5 Å². The first-order chi connectivity index (χ1) is 14.8. The summed E-state index contributed by atoms with van der Waals surface area (Å²) in [6.07, 6.45) is 3.54. The van der Waals surface area contributed by atoms with Crippen molar-refractivity contribution in [3.63, 3.8) is 0 Å². The minimum absolute atomic E-state index is 0.222. The molecule has 0 aromatic heterocycles. The van der Waals surface area contributed by atoms with Crippen LogP contribution in [0.1, 0.15) is 44.6 Å². The molecule has 0 bridgehead atoms. The maximum absolute atomic E-state index is 12.9. The van der Waals surface area contributed by atoms with Crippen LogP contribution in [0, 0.1) is 6.92 Å². The summed E-state index contributed by atoms with van der Waals surface area (Å²) < 4.78 is 32.3. The molecule has 1 aromatic carbocycles. The molecule has 8 nitrogen and oxygen atoms in total. The number of anilines is 1. The number of carbonyl (C=O) groups excluding carboxylic acids is 2. The maximum Gasteiger partial charge on any atom is 0.331 e. The van der Waals surface area contributed by atoms with Crippen molar-refractivity contribution in [1.82, 2.24) is 9.62 Å². The highest BCUT2D eigenvalue weighted by molar-refractivity contribution is 7.89. The van der Waals surface area contributed by atoms with Gasteiger partial charge >= 0.3 is 5.97 Å². The van der Waals surface area contributed by atoms with Crippen LogP contribution in [0.3, 0.4) is 0 Å². The van der Waals surface area contributed by atoms with Crippen molar-refractivity contribution in [3.8, 4) is 0 Å². The lowest BCUT2D eigenvalue weighted by Gasteiger charge is -2.37. The van der Waals surface area contributed by atoms with Gasteiger partial charge < -0.3 is 15.0 Å². The van der Waals surface area contributed by atoms with Crippen molar-refractivity contribution in [2.24, 2.45) is 0 Å². The number of hydrogen-bond acceptors (Lipinski definition) is 6. The monoisotopic (exact) mass is 451 g/mol. The molecule has 1 aromatic rings. The van der Waals surface area contributed by atoms with Gasteiger partial charge in [-0.05, 0) is 44.4 Å². The Morgan fingerprint density at radius 2 is 1.77 bits per heavy atom. The molecule has 2 fully saturated rings. The average molecular weight is 452 g/mol. The van der Waals surface area contributed by atoms with Crippen LogP contribution in [-0.2, 0) is 24.3 Å². The highest BCUT2D eigenvalue weighted by Crippen LogP contribution is 2.29. The van der Waals surface area contributed by atoms with Crippen LogP contribution in [0.15, 0.2) is 24.3 Å². The number of carbonyl (C=O) groups is 2. The number of nitrogens with one attached hydrogen (secondary N) is 1. The van der Waals surface area contributed by atoms with Crippen LogP contribution in [-0.4, -0.2) is 68.7 Å². The standard InChI is InChI=1S/C22H33N3O5S/c1-3-30-21(27)22(10-5-4-6-11-22)23-20(26)17-31(28,29)25-14-12-24(13-15-25)19-9-7-8-18(2)16-19/h7-9,16H,3-6,10-15,17H2,1-2H3,(H,23,26). The summed E-state index contributed by atoms with van der Waals surface area (Å²) in [5.41, 5.74) is 1.12. The van der Waals surface area contributed by atoms with Gasteiger partial charge in [-0.1, -0.05) is 31.4 Å². The molecular weight excluding hydrogens is 418 g/mol. The van der Waals surface area contributed by atoms with Crippen LogP contribution in [0.5, 0.6) is 0 Å². The van der Waals surface area contributed by atoms with E-state index in [9.17, 15) is 18.0 Å². The summed E-state index contributed by atoms with van der Waals surface area (Å²) in [5.74, 6) is -1.76. The molecule has 1 saturated heterocycles. The van der Waals surface area contributed by atoms with Gasteiger partial charge in [0.1, 0.15) is 11.3 Å². The first kappa shape index (κ1) is 23.5. The summed E-state index contributed by atoms with van der Waals surface area (Å²) >= 11 is 0. The number of hydrogen-bond donors (Lipinski definition) is 1. The molecule has 0 radical (unpaired) electrons. The number of piperazine rings is 1. The summed E-state index contributed by atoms with van der Waals surface area (Å²) in [6.45, 7) is 5.75. The number of aryl methyl sites for hydroxylation is 1. The van der Waals surface area contributed by atoms with E-state index in [1.807, 2.05) is 25.1 Å². The van der Waals surface area contributed by atoms with E-state index >= 15 is 0 Å². The van der Waals surface area contributed by atoms with Gasteiger partial charge in [0.15, 0.2) is 0 Å². The molecule has 1 amide bonds. The van der Waals surface area contributed by atoms with E-state index in [0.29, 0.717) is 39.0 Å². The van der Waals surface area contributed by atoms with E-state index in [2.05, 4.69) is 16.3 Å². The fourth-order valence-electron chi connectivity index (χ4n) is 4.41. The second kappa shape index (κ2) is 9.99. The zero-order valence-electron chi connectivity index (χ0n) is 18.4. The van der Waals surface area contributed by atoms with Crippen molar-refractivity contribution in [3.05, 3.63) is 29.8 Å². The number of rotatable bonds is 7. The number of esters is 1. The number of sulfonamides is 1. The zero-order valence-corrected chi connectivity index (χ0v) is 19.2. The molecule has 1 saturated carbocycles. The molecule has 31 heavy (non-hydrogen) atoms. The summed E-state index contributed by atoms with van der Waals surface area (Å²) in [4.78, 5) is 27.3. The van der Waals surface area contributed by atoms with Crippen molar-refractivity contribution in [1.29, 1.82) is 0 Å². The molecule has 3 rings (SSSR count). The maximum atomic E-state index is 12.9. The van der Waals surface area contributed by atoms with E-state index in [4.69, 9.17) is 4.74 Å². The molecular formula is C22H33N3O5S. The Morgan fingerprint density at radius 1 is 1.10 bits per heavy atom. The average Bonchev–Trinajstić information content (AvgIpc) is 2.74. The van der Waals surface area contributed by atoms with Crippen LogP contribution < -0.4 is 10.2 Å². The van der Waals surface area contributed by atoms with Crippen LogP contribution in [0.4, 0.5) is 5.69 Å². The third-order valence-corrected chi connectivity index (χ3v) is 7.84. The zero-order chi connectivity index (χ0) is 22.5. The Hall–Kier alpha value is -2.13. The van der Waals surface area contributed by atoms with E-state index in [1.54, 1.807) is 6.92 Å². The third kappa shape index (κ3) is 5.77. The molecule has 1 aliphatic heterocycles. The van der Waals surface area contributed by atoms with Gasteiger partial charge in [0.25, 0.3) is 0 Å². The Morgan fingerprint density at radius 3 is 2.39 bits per heavy atom. The van der Waals surface area contributed by atoms with Crippen molar-refractivity contribution < 1.29 is 22.7 Å². The van der Waals surface area contributed by atoms with Crippen LogP contribution in [0.2, 0.25) is 0 Å². The summed E-state index contributed by atoms with van der Waals surface area (Å²) in [5, 5.41) is 2.72. The Bertz CT molecular complexity index is 888. The third-order valence-electron chi connectivity index (χ3n) is 6.06. The lowest BCUT2D eigenvalue weighted by molar-refractivity contribution is -0.154. The lowest BCUT2D eigenvalue weighted by Crippen LogP contribution is -2.58. The topological polar surface area (TPSA) is 96.0 Å². The minimum Gasteiger partial charge on any atom is -0.464 e. The van der Waals surface area contributed by atoms with Crippen LogP contribution >= 0.6 is 0 Å². The molecule has 1 N–H and O–H groups in total. The van der Waals surface area contributed by atoms with Gasteiger partial charge in [-0.3, -0.25) is 4.79 Å². The highest BCUT2D eigenvalue weighted by atomic mass is 32.2. The second-order valence-electron chi connectivity index (χ2n) is 8.39. The normalized spacial score (nSPS) is 19.6. The molecule has 0 unspecified atom stereocenters. The molecule has 2 aliphatic rings. The molecule has 0 atom stereocenters. The number of ether oxygens (including phenoxy) is 1. The Labute approximate surface area is 185 Å². The van der Waals surface area contributed by atoms with E-state index in [1.165, 1.54) is 4.31 Å². The molecule has 1 heterocycles. The first-order valence-electron chi connectivity index (χ1n) is 11.0. The summed E-state index contributed by atoms with van der Waals surface area (Å²) in [6, 6.07) is 8.11. The van der Waals surface area contributed by atoms with Gasteiger partial charge in [-0.25, -0.2) is 13.2 Å². The quantitative estimate of drug-likeness (QED) is 0.636.